The molecule has 0 saturated carbocycles. The number of carbonyl (C=O) groups excluding carboxylic acids is 1. The fraction of sp³-hybridized carbons (Fsp3) is 0.0833. The molecule has 4 aromatic rings. The lowest BCUT2D eigenvalue weighted by atomic mass is 10.2. The number of para-hydroxylation sites is 1. The van der Waals surface area contributed by atoms with Gasteiger partial charge in [0, 0.05) is 23.6 Å². The highest BCUT2D eigenvalue weighted by atomic mass is 16.5. The molecule has 0 bridgehead atoms. The number of benzene rings is 2. The Kier molecular flexibility index (Phi) is 6.52. The van der Waals surface area contributed by atoms with Gasteiger partial charge in [0.1, 0.15) is 29.5 Å². The van der Waals surface area contributed by atoms with E-state index in [2.05, 4.69) is 30.9 Å². The first-order chi connectivity index (χ1) is 15.7. The second-order valence-electron chi connectivity index (χ2n) is 6.89. The van der Waals surface area contributed by atoms with Crippen molar-refractivity contribution in [3.63, 3.8) is 0 Å². The topological polar surface area (TPSA) is 101 Å². The number of nitrogens with zero attached hydrogens (tertiary/aromatic N) is 3. The van der Waals surface area contributed by atoms with Gasteiger partial charge >= 0.3 is 0 Å². The zero-order chi connectivity index (χ0) is 22.2. The van der Waals surface area contributed by atoms with Gasteiger partial charge in [-0.1, -0.05) is 24.3 Å². The second kappa shape index (κ2) is 10.0. The van der Waals surface area contributed by atoms with E-state index in [1.165, 1.54) is 6.33 Å². The summed E-state index contributed by atoms with van der Waals surface area (Å²) >= 11 is 0. The molecule has 160 valence electrons. The third-order valence-corrected chi connectivity index (χ3v) is 4.44. The van der Waals surface area contributed by atoms with E-state index in [0.29, 0.717) is 28.9 Å². The molecule has 3 N–H and O–H groups in total. The van der Waals surface area contributed by atoms with Gasteiger partial charge < -0.3 is 20.7 Å². The quantitative estimate of drug-likeness (QED) is 0.373. The van der Waals surface area contributed by atoms with Gasteiger partial charge in [0.2, 0.25) is 0 Å². The molecule has 2 heterocycles. The Balaban J connectivity index is 1.34. The van der Waals surface area contributed by atoms with Gasteiger partial charge in [0.05, 0.1) is 0 Å². The molecule has 8 heteroatoms. The molecular formula is C24H22N6O2. The van der Waals surface area contributed by atoms with E-state index in [1.54, 1.807) is 19.2 Å². The number of ether oxygens (including phenoxy) is 1. The number of aromatic nitrogens is 3. The minimum absolute atomic E-state index is 0.226. The lowest BCUT2D eigenvalue weighted by Crippen LogP contribution is -2.30. The van der Waals surface area contributed by atoms with Crippen molar-refractivity contribution in [2.24, 2.45) is 0 Å². The van der Waals surface area contributed by atoms with E-state index in [0.717, 1.165) is 5.69 Å². The van der Waals surface area contributed by atoms with Crippen molar-refractivity contribution in [2.45, 2.75) is 13.0 Å². The highest BCUT2D eigenvalue weighted by Crippen LogP contribution is 2.20. The third kappa shape index (κ3) is 5.79. The first kappa shape index (κ1) is 20.8. The van der Waals surface area contributed by atoms with Crippen LogP contribution in [0.4, 0.5) is 28.8 Å². The highest BCUT2D eigenvalue weighted by Gasteiger charge is 2.14. The first-order valence-corrected chi connectivity index (χ1v) is 10.1. The molecule has 0 saturated heterocycles. The summed E-state index contributed by atoms with van der Waals surface area (Å²) < 4.78 is 5.66. The van der Waals surface area contributed by atoms with Gasteiger partial charge in [-0.05, 0) is 55.5 Å². The summed E-state index contributed by atoms with van der Waals surface area (Å²) in [7, 11) is 0. The van der Waals surface area contributed by atoms with Crippen LogP contribution in [0.25, 0.3) is 0 Å². The first-order valence-electron chi connectivity index (χ1n) is 10.1. The number of carbonyl (C=O) groups is 1. The summed E-state index contributed by atoms with van der Waals surface area (Å²) in [5.41, 5.74) is 1.49. The van der Waals surface area contributed by atoms with Crippen LogP contribution in [0.15, 0.2) is 91.4 Å². The zero-order valence-electron chi connectivity index (χ0n) is 17.4. The lowest BCUT2D eigenvalue weighted by molar-refractivity contribution is -0.122. The summed E-state index contributed by atoms with van der Waals surface area (Å²) in [6.45, 7) is 1.71. The Hall–Kier alpha value is -4.46. The van der Waals surface area contributed by atoms with Gasteiger partial charge in [-0.3, -0.25) is 4.79 Å². The molecule has 2 aromatic heterocycles. The van der Waals surface area contributed by atoms with Crippen molar-refractivity contribution in [1.29, 1.82) is 0 Å². The van der Waals surface area contributed by atoms with E-state index in [-0.39, 0.29) is 5.91 Å². The number of pyridine rings is 1. The molecular weight excluding hydrogens is 404 g/mol. The maximum atomic E-state index is 12.4. The van der Waals surface area contributed by atoms with Crippen molar-refractivity contribution < 1.29 is 9.53 Å². The molecule has 4 rings (SSSR count). The SMILES string of the molecule is CC(Oc1ccccc1)C(=O)Nc1ccc(Nc2cc(Nc3ccccn3)ncn2)cc1. The number of rotatable bonds is 8. The van der Waals surface area contributed by atoms with Crippen LogP contribution in [-0.4, -0.2) is 27.0 Å². The Labute approximate surface area is 185 Å². The number of anilines is 5. The normalized spacial score (nSPS) is 11.3. The van der Waals surface area contributed by atoms with Gasteiger partial charge in [-0.2, -0.15) is 0 Å². The van der Waals surface area contributed by atoms with Crippen LogP contribution in [-0.2, 0) is 4.79 Å². The van der Waals surface area contributed by atoms with E-state index in [4.69, 9.17) is 4.74 Å². The van der Waals surface area contributed by atoms with Crippen LogP contribution in [0, 0.1) is 0 Å². The number of hydrogen-bond acceptors (Lipinski definition) is 7. The van der Waals surface area contributed by atoms with Crippen molar-refractivity contribution >= 4 is 34.7 Å². The molecule has 32 heavy (non-hydrogen) atoms. The van der Waals surface area contributed by atoms with Crippen LogP contribution in [0.5, 0.6) is 5.75 Å². The summed E-state index contributed by atoms with van der Waals surface area (Å²) in [5.74, 6) is 2.37. The Morgan fingerprint density at radius 3 is 2.19 bits per heavy atom. The van der Waals surface area contributed by atoms with Gasteiger partial charge in [0.25, 0.3) is 5.91 Å². The Bertz CT molecular complexity index is 1150. The number of nitrogens with one attached hydrogen (secondary N) is 3. The molecule has 8 nitrogen and oxygen atoms in total. The Morgan fingerprint density at radius 2 is 1.47 bits per heavy atom. The molecule has 0 aliphatic carbocycles. The predicted octanol–water partition coefficient (Wildman–Crippen LogP) is 4.76. The predicted molar refractivity (Wildman–Crippen MR) is 124 cm³/mol. The van der Waals surface area contributed by atoms with Crippen molar-refractivity contribution in [3.05, 3.63) is 91.4 Å². The summed E-state index contributed by atoms with van der Waals surface area (Å²) in [4.78, 5) is 25.1. The third-order valence-electron chi connectivity index (χ3n) is 4.44. The molecule has 0 radical (unpaired) electrons. The van der Waals surface area contributed by atoms with Crippen molar-refractivity contribution in [2.75, 3.05) is 16.0 Å². The molecule has 1 atom stereocenters. The van der Waals surface area contributed by atoms with Crippen LogP contribution in [0.1, 0.15) is 6.92 Å². The Morgan fingerprint density at radius 1 is 0.781 bits per heavy atom. The molecule has 1 unspecified atom stereocenters. The molecule has 0 aliphatic heterocycles. The standard InChI is InChI=1S/C24H22N6O2/c1-17(32-20-7-3-2-4-8-20)24(31)29-19-12-10-18(11-13-19)28-22-15-23(27-16-26-22)30-21-9-5-6-14-25-21/h2-17H,1H3,(H,29,31)(H2,25,26,27,28,30). The van der Waals surface area contributed by atoms with Gasteiger partial charge in [-0.15, -0.1) is 0 Å². The fourth-order valence-electron chi connectivity index (χ4n) is 2.85. The average Bonchev–Trinajstić information content (AvgIpc) is 2.82. The van der Waals surface area contributed by atoms with Crippen LogP contribution < -0.4 is 20.7 Å². The van der Waals surface area contributed by atoms with Crippen molar-refractivity contribution in [1.82, 2.24) is 15.0 Å². The minimum atomic E-state index is -0.624. The smallest absolute Gasteiger partial charge is 0.265 e. The van der Waals surface area contributed by atoms with E-state index in [1.807, 2.05) is 72.8 Å². The molecule has 0 aliphatic rings. The average molecular weight is 426 g/mol. The van der Waals surface area contributed by atoms with Crippen LogP contribution >= 0.6 is 0 Å². The zero-order valence-corrected chi connectivity index (χ0v) is 17.4. The molecule has 0 spiro atoms. The van der Waals surface area contributed by atoms with Crippen molar-refractivity contribution in [3.8, 4) is 5.75 Å². The lowest BCUT2D eigenvalue weighted by Gasteiger charge is -2.15. The van der Waals surface area contributed by atoms with Crippen LogP contribution in [0.3, 0.4) is 0 Å². The highest BCUT2D eigenvalue weighted by molar-refractivity contribution is 5.94. The van der Waals surface area contributed by atoms with E-state index in [9.17, 15) is 4.79 Å². The van der Waals surface area contributed by atoms with Crippen LogP contribution in [0.2, 0.25) is 0 Å². The number of hydrogen-bond donors (Lipinski definition) is 3. The van der Waals surface area contributed by atoms with Gasteiger partial charge in [0.15, 0.2) is 6.10 Å². The monoisotopic (exact) mass is 426 g/mol. The van der Waals surface area contributed by atoms with Gasteiger partial charge in [-0.25, -0.2) is 15.0 Å². The fourth-order valence-corrected chi connectivity index (χ4v) is 2.85. The maximum absolute atomic E-state index is 12.4. The molecule has 2 aromatic carbocycles. The molecule has 1 amide bonds. The minimum Gasteiger partial charge on any atom is -0.481 e. The second-order valence-corrected chi connectivity index (χ2v) is 6.89. The molecule has 0 fully saturated rings. The largest absolute Gasteiger partial charge is 0.481 e. The van der Waals surface area contributed by atoms with E-state index < -0.39 is 6.10 Å². The summed E-state index contributed by atoms with van der Waals surface area (Å²) in [6.07, 6.45) is 2.55. The number of amides is 1. The summed E-state index contributed by atoms with van der Waals surface area (Å²) in [6, 6.07) is 24.0. The van der Waals surface area contributed by atoms with E-state index >= 15 is 0 Å². The maximum Gasteiger partial charge on any atom is 0.265 e. The summed E-state index contributed by atoms with van der Waals surface area (Å²) in [5, 5.41) is 9.20.